The average molecular weight is 339 g/mol. The molecule has 8 heteroatoms. The molecule has 0 radical (unpaired) electrons. The van der Waals surface area contributed by atoms with Crippen LogP contribution in [0.4, 0.5) is 5.69 Å². The van der Waals surface area contributed by atoms with Gasteiger partial charge in [0.1, 0.15) is 17.5 Å². The number of hydrogen-bond donors (Lipinski definition) is 1. The quantitative estimate of drug-likeness (QED) is 0.678. The average Bonchev–Trinajstić information content (AvgIpc) is 2.39. The SMILES string of the molecule is O=C(O)c1ccc(Br)cc1Oc1ccc([N+](=O)[O-])cn1. The van der Waals surface area contributed by atoms with E-state index in [9.17, 15) is 14.9 Å². The van der Waals surface area contributed by atoms with Gasteiger partial charge in [-0.2, -0.15) is 0 Å². The number of hydrogen-bond acceptors (Lipinski definition) is 5. The maximum Gasteiger partial charge on any atom is 0.339 e. The third-order valence-corrected chi connectivity index (χ3v) is 2.81. The van der Waals surface area contributed by atoms with Gasteiger partial charge in [0.25, 0.3) is 5.69 Å². The van der Waals surface area contributed by atoms with Crippen LogP contribution in [-0.2, 0) is 0 Å². The molecular formula is C12H7BrN2O5. The van der Waals surface area contributed by atoms with Crippen LogP contribution < -0.4 is 4.74 Å². The van der Waals surface area contributed by atoms with E-state index in [1.807, 2.05) is 0 Å². The summed E-state index contributed by atoms with van der Waals surface area (Å²) < 4.78 is 5.98. The summed E-state index contributed by atoms with van der Waals surface area (Å²) in [6.07, 6.45) is 1.04. The fourth-order valence-corrected chi connectivity index (χ4v) is 1.75. The number of rotatable bonds is 4. The van der Waals surface area contributed by atoms with Gasteiger partial charge in [-0.05, 0) is 18.2 Å². The van der Waals surface area contributed by atoms with Crippen molar-refractivity contribution in [2.24, 2.45) is 0 Å². The van der Waals surface area contributed by atoms with Crippen molar-refractivity contribution in [3.05, 3.63) is 56.7 Å². The minimum Gasteiger partial charge on any atom is -0.478 e. The first-order valence-corrected chi connectivity index (χ1v) is 6.08. The van der Waals surface area contributed by atoms with Gasteiger partial charge in [-0.1, -0.05) is 15.9 Å². The zero-order valence-corrected chi connectivity index (χ0v) is 11.4. The highest BCUT2D eigenvalue weighted by Crippen LogP contribution is 2.28. The predicted octanol–water partition coefficient (Wildman–Crippen LogP) is 3.24. The number of aromatic carboxylic acids is 1. The van der Waals surface area contributed by atoms with Crippen LogP contribution in [0.1, 0.15) is 10.4 Å². The number of ether oxygens (including phenoxy) is 1. The lowest BCUT2D eigenvalue weighted by Gasteiger charge is -2.08. The summed E-state index contributed by atoms with van der Waals surface area (Å²) in [6.45, 7) is 0. The molecule has 1 aromatic carbocycles. The Labute approximate surface area is 121 Å². The lowest BCUT2D eigenvalue weighted by molar-refractivity contribution is -0.385. The minimum atomic E-state index is -1.14. The highest BCUT2D eigenvalue weighted by Gasteiger charge is 2.14. The Kier molecular flexibility index (Phi) is 3.94. The Bertz CT molecular complexity index is 672. The molecule has 0 atom stereocenters. The monoisotopic (exact) mass is 338 g/mol. The Morgan fingerprint density at radius 1 is 1.35 bits per heavy atom. The number of pyridine rings is 1. The number of carboxylic acid groups (broad SMARTS) is 1. The summed E-state index contributed by atoms with van der Waals surface area (Å²) in [4.78, 5) is 24.7. The zero-order valence-electron chi connectivity index (χ0n) is 9.82. The van der Waals surface area contributed by atoms with Gasteiger partial charge < -0.3 is 9.84 Å². The molecule has 102 valence electrons. The first kappa shape index (κ1) is 13.9. The van der Waals surface area contributed by atoms with Crippen LogP contribution in [0.25, 0.3) is 0 Å². The molecule has 0 spiro atoms. The summed E-state index contributed by atoms with van der Waals surface area (Å²) in [6, 6.07) is 6.95. The Hall–Kier alpha value is -2.48. The van der Waals surface area contributed by atoms with Crippen LogP contribution >= 0.6 is 15.9 Å². The van der Waals surface area contributed by atoms with Gasteiger partial charge in [-0.25, -0.2) is 9.78 Å². The summed E-state index contributed by atoms with van der Waals surface area (Å²) in [5.41, 5.74) is -0.210. The van der Waals surface area contributed by atoms with Crippen molar-refractivity contribution in [1.82, 2.24) is 4.98 Å². The molecule has 0 amide bonds. The molecular weight excluding hydrogens is 332 g/mol. The van der Waals surface area contributed by atoms with E-state index in [4.69, 9.17) is 9.84 Å². The van der Waals surface area contributed by atoms with E-state index in [2.05, 4.69) is 20.9 Å². The minimum absolute atomic E-state index is 0.0339. The number of nitro groups is 1. The number of carboxylic acids is 1. The van der Waals surface area contributed by atoms with Crippen molar-refractivity contribution in [3.8, 4) is 11.6 Å². The van der Waals surface area contributed by atoms with Crippen molar-refractivity contribution < 1.29 is 19.6 Å². The molecule has 0 saturated carbocycles. The summed E-state index contributed by atoms with van der Waals surface area (Å²) in [5.74, 6) is -0.987. The molecule has 0 fully saturated rings. The smallest absolute Gasteiger partial charge is 0.339 e. The highest BCUT2D eigenvalue weighted by molar-refractivity contribution is 9.10. The predicted molar refractivity (Wildman–Crippen MR) is 72.1 cm³/mol. The van der Waals surface area contributed by atoms with Crippen LogP contribution in [0.2, 0.25) is 0 Å². The number of carbonyl (C=O) groups is 1. The Balaban J connectivity index is 2.31. The van der Waals surface area contributed by atoms with E-state index in [0.29, 0.717) is 4.47 Å². The fourth-order valence-electron chi connectivity index (χ4n) is 1.41. The van der Waals surface area contributed by atoms with Crippen LogP contribution in [-0.4, -0.2) is 21.0 Å². The second-order valence-corrected chi connectivity index (χ2v) is 4.58. The molecule has 2 aromatic rings. The van der Waals surface area contributed by atoms with E-state index in [1.54, 1.807) is 6.07 Å². The van der Waals surface area contributed by atoms with Crippen LogP contribution in [0.15, 0.2) is 41.0 Å². The van der Waals surface area contributed by atoms with Gasteiger partial charge in [0.05, 0.1) is 4.92 Å². The zero-order chi connectivity index (χ0) is 14.7. The number of aromatic nitrogens is 1. The van der Waals surface area contributed by atoms with Gasteiger partial charge >= 0.3 is 5.97 Å². The van der Waals surface area contributed by atoms with Gasteiger partial charge in [-0.3, -0.25) is 10.1 Å². The Morgan fingerprint density at radius 3 is 2.65 bits per heavy atom. The molecule has 0 bridgehead atoms. The van der Waals surface area contributed by atoms with Gasteiger partial charge in [0, 0.05) is 16.6 Å². The van der Waals surface area contributed by atoms with Gasteiger partial charge in [0.2, 0.25) is 5.88 Å². The lowest BCUT2D eigenvalue weighted by Crippen LogP contribution is -2.00. The summed E-state index contributed by atoms with van der Waals surface area (Å²) in [5, 5.41) is 19.5. The second kappa shape index (κ2) is 5.66. The van der Waals surface area contributed by atoms with Crippen molar-refractivity contribution >= 4 is 27.6 Å². The second-order valence-electron chi connectivity index (χ2n) is 3.66. The van der Waals surface area contributed by atoms with Crippen LogP contribution in [0.5, 0.6) is 11.6 Å². The van der Waals surface area contributed by atoms with Gasteiger partial charge in [-0.15, -0.1) is 0 Å². The first-order chi connectivity index (χ1) is 9.47. The standard InChI is InChI=1S/C12H7BrN2O5/c13-7-1-3-9(12(16)17)10(5-7)20-11-4-2-8(6-14-11)15(18)19/h1-6H,(H,16,17). The molecule has 20 heavy (non-hydrogen) atoms. The van der Waals surface area contributed by atoms with E-state index < -0.39 is 10.9 Å². The topological polar surface area (TPSA) is 103 Å². The number of nitrogens with zero attached hydrogens (tertiary/aromatic N) is 2. The van der Waals surface area contributed by atoms with E-state index >= 15 is 0 Å². The van der Waals surface area contributed by atoms with E-state index in [1.165, 1.54) is 24.3 Å². The van der Waals surface area contributed by atoms with Crippen molar-refractivity contribution in [3.63, 3.8) is 0 Å². The molecule has 1 N–H and O–H groups in total. The molecule has 1 heterocycles. The maximum atomic E-state index is 11.1. The van der Waals surface area contributed by atoms with E-state index in [-0.39, 0.29) is 22.9 Å². The molecule has 7 nitrogen and oxygen atoms in total. The number of halogens is 1. The van der Waals surface area contributed by atoms with Crippen LogP contribution in [0.3, 0.4) is 0 Å². The normalized spacial score (nSPS) is 10.1. The molecule has 0 unspecified atom stereocenters. The summed E-state index contributed by atoms with van der Waals surface area (Å²) in [7, 11) is 0. The molecule has 1 aromatic heterocycles. The largest absolute Gasteiger partial charge is 0.478 e. The van der Waals surface area contributed by atoms with Crippen molar-refractivity contribution in [2.75, 3.05) is 0 Å². The van der Waals surface area contributed by atoms with Crippen molar-refractivity contribution in [2.45, 2.75) is 0 Å². The van der Waals surface area contributed by atoms with Gasteiger partial charge in [0.15, 0.2) is 0 Å². The molecule has 0 saturated heterocycles. The molecule has 0 aliphatic carbocycles. The molecule has 0 aliphatic rings. The highest BCUT2D eigenvalue weighted by atomic mass is 79.9. The lowest BCUT2D eigenvalue weighted by atomic mass is 10.2. The van der Waals surface area contributed by atoms with E-state index in [0.717, 1.165) is 6.20 Å². The third-order valence-electron chi connectivity index (χ3n) is 2.32. The first-order valence-electron chi connectivity index (χ1n) is 5.28. The molecule has 0 aliphatic heterocycles. The number of benzene rings is 1. The fraction of sp³-hybridized carbons (Fsp3) is 0. The van der Waals surface area contributed by atoms with Crippen molar-refractivity contribution in [1.29, 1.82) is 0 Å². The maximum absolute atomic E-state index is 11.1. The summed E-state index contributed by atoms with van der Waals surface area (Å²) >= 11 is 3.21. The molecule has 2 rings (SSSR count). The Morgan fingerprint density at radius 2 is 2.10 bits per heavy atom. The van der Waals surface area contributed by atoms with Crippen LogP contribution in [0, 0.1) is 10.1 Å². The third kappa shape index (κ3) is 3.09.